The standard InChI is InChI=1S/C15H19Cl2N3O2/c16-10-5-12-14(6-11(10)17)20(8-19-12)7-9(21)4-13-15(22)2-1-3-18-13/h5-6,8-9,13,15,18,21-22H,1-4,7H2/t9?,13-,15+/m1/s1. The smallest absolute Gasteiger partial charge is 0.0959 e. The van der Waals surface area contributed by atoms with Crippen molar-refractivity contribution in [2.24, 2.45) is 0 Å². The summed E-state index contributed by atoms with van der Waals surface area (Å²) in [7, 11) is 0. The number of piperidine rings is 1. The van der Waals surface area contributed by atoms with Gasteiger partial charge in [-0.3, -0.25) is 0 Å². The highest BCUT2D eigenvalue weighted by molar-refractivity contribution is 6.42. The lowest BCUT2D eigenvalue weighted by Crippen LogP contribution is -2.46. The zero-order chi connectivity index (χ0) is 15.7. The molecule has 3 atom stereocenters. The van der Waals surface area contributed by atoms with Crippen molar-refractivity contribution in [1.82, 2.24) is 14.9 Å². The van der Waals surface area contributed by atoms with Crippen molar-refractivity contribution in [2.75, 3.05) is 6.54 Å². The molecule has 1 unspecified atom stereocenters. The Hall–Kier alpha value is -0.850. The van der Waals surface area contributed by atoms with Crippen molar-refractivity contribution in [3.63, 3.8) is 0 Å². The Morgan fingerprint density at radius 3 is 2.91 bits per heavy atom. The van der Waals surface area contributed by atoms with E-state index in [2.05, 4.69) is 10.3 Å². The fourth-order valence-corrected chi connectivity index (χ4v) is 3.29. The number of hydrogen-bond donors (Lipinski definition) is 3. The Bertz CT molecular complexity index is 662. The van der Waals surface area contributed by atoms with Gasteiger partial charge in [0.2, 0.25) is 0 Å². The van der Waals surface area contributed by atoms with Gasteiger partial charge in [-0.15, -0.1) is 0 Å². The molecule has 1 fully saturated rings. The molecule has 1 saturated heterocycles. The summed E-state index contributed by atoms with van der Waals surface area (Å²) >= 11 is 12.0. The number of benzene rings is 1. The number of aliphatic hydroxyl groups excluding tert-OH is 2. The van der Waals surface area contributed by atoms with E-state index in [9.17, 15) is 10.2 Å². The maximum atomic E-state index is 10.3. The topological polar surface area (TPSA) is 70.3 Å². The molecule has 0 aliphatic carbocycles. The normalized spacial score (nSPS) is 23.8. The van der Waals surface area contributed by atoms with Gasteiger partial charge in [0.1, 0.15) is 0 Å². The van der Waals surface area contributed by atoms with E-state index >= 15 is 0 Å². The van der Waals surface area contributed by atoms with Crippen LogP contribution in [0.1, 0.15) is 19.3 Å². The number of halogens is 2. The third-order valence-electron chi connectivity index (χ3n) is 4.14. The van der Waals surface area contributed by atoms with Crippen molar-refractivity contribution in [3.8, 4) is 0 Å². The van der Waals surface area contributed by atoms with Crippen LogP contribution in [0.3, 0.4) is 0 Å². The molecule has 1 aliphatic rings. The van der Waals surface area contributed by atoms with Gasteiger partial charge >= 0.3 is 0 Å². The van der Waals surface area contributed by atoms with E-state index in [1.807, 2.05) is 4.57 Å². The summed E-state index contributed by atoms with van der Waals surface area (Å²) in [5.41, 5.74) is 1.59. The second-order valence-electron chi connectivity index (χ2n) is 5.81. The molecule has 0 spiro atoms. The van der Waals surface area contributed by atoms with Crippen LogP contribution in [0, 0.1) is 0 Å². The maximum absolute atomic E-state index is 10.3. The number of nitrogens with zero attached hydrogens (tertiary/aromatic N) is 2. The minimum atomic E-state index is -0.572. The van der Waals surface area contributed by atoms with E-state index in [0.717, 1.165) is 30.4 Å². The van der Waals surface area contributed by atoms with Crippen LogP contribution in [0.15, 0.2) is 18.5 Å². The van der Waals surface area contributed by atoms with Crippen LogP contribution in [-0.2, 0) is 6.54 Å². The Morgan fingerprint density at radius 1 is 1.36 bits per heavy atom. The molecule has 7 heteroatoms. The SMILES string of the molecule is OC(C[C@H]1NCCC[C@@H]1O)Cn1cnc2cc(Cl)c(Cl)cc21. The van der Waals surface area contributed by atoms with Crippen molar-refractivity contribution >= 4 is 34.2 Å². The molecule has 0 radical (unpaired) electrons. The Labute approximate surface area is 138 Å². The van der Waals surface area contributed by atoms with Crippen molar-refractivity contribution in [2.45, 2.75) is 44.1 Å². The summed E-state index contributed by atoms with van der Waals surface area (Å²) in [4.78, 5) is 4.28. The minimum absolute atomic E-state index is 0.0587. The number of aromatic nitrogens is 2. The molecular weight excluding hydrogens is 325 g/mol. The summed E-state index contributed by atoms with van der Waals surface area (Å²) in [6.45, 7) is 1.29. The van der Waals surface area contributed by atoms with Crippen LogP contribution in [0.25, 0.3) is 11.0 Å². The third kappa shape index (κ3) is 3.39. The van der Waals surface area contributed by atoms with Gasteiger partial charge in [-0.05, 0) is 37.9 Å². The molecule has 2 aromatic rings. The average molecular weight is 344 g/mol. The summed E-state index contributed by atoms with van der Waals surface area (Å²) in [6.07, 6.45) is 2.97. The van der Waals surface area contributed by atoms with E-state index in [1.54, 1.807) is 18.5 Å². The Kier molecular flexibility index (Phi) is 4.90. The van der Waals surface area contributed by atoms with E-state index in [1.165, 1.54) is 0 Å². The predicted octanol–water partition coefficient (Wildman–Crippen LogP) is 2.21. The zero-order valence-electron chi connectivity index (χ0n) is 12.0. The number of hydrogen-bond acceptors (Lipinski definition) is 4. The summed E-state index contributed by atoms with van der Waals surface area (Å²) in [5, 5.41) is 24.5. The van der Waals surface area contributed by atoms with Gasteiger partial charge in [0.05, 0.1) is 46.2 Å². The third-order valence-corrected chi connectivity index (χ3v) is 4.87. The molecule has 5 nitrogen and oxygen atoms in total. The molecule has 1 aromatic carbocycles. The lowest BCUT2D eigenvalue weighted by Gasteiger charge is -2.30. The van der Waals surface area contributed by atoms with E-state index in [4.69, 9.17) is 23.2 Å². The average Bonchev–Trinajstić information content (AvgIpc) is 2.84. The number of fused-ring (bicyclic) bond motifs is 1. The fraction of sp³-hybridized carbons (Fsp3) is 0.533. The molecule has 0 amide bonds. The number of nitrogens with one attached hydrogen (secondary N) is 1. The largest absolute Gasteiger partial charge is 0.392 e. The fourth-order valence-electron chi connectivity index (χ4n) is 2.97. The summed E-state index contributed by atoms with van der Waals surface area (Å²) in [6, 6.07) is 3.41. The monoisotopic (exact) mass is 343 g/mol. The van der Waals surface area contributed by atoms with Gasteiger partial charge in [-0.25, -0.2) is 4.98 Å². The molecule has 2 heterocycles. The van der Waals surface area contributed by atoms with Gasteiger partial charge in [0.15, 0.2) is 0 Å². The van der Waals surface area contributed by atoms with E-state index in [0.29, 0.717) is 23.0 Å². The number of aliphatic hydroxyl groups is 2. The first kappa shape index (κ1) is 16.0. The Balaban J connectivity index is 1.71. The van der Waals surface area contributed by atoms with Crippen molar-refractivity contribution in [1.29, 1.82) is 0 Å². The van der Waals surface area contributed by atoms with Crippen molar-refractivity contribution in [3.05, 3.63) is 28.5 Å². The second kappa shape index (κ2) is 6.72. The molecule has 22 heavy (non-hydrogen) atoms. The maximum Gasteiger partial charge on any atom is 0.0959 e. The predicted molar refractivity (Wildman–Crippen MR) is 87.4 cm³/mol. The lowest BCUT2D eigenvalue weighted by molar-refractivity contribution is 0.0547. The molecule has 3 rings (SSSR count). The molecule has 0 bridgehead atoms. The van der Waals surface area contributed by atoms with Gasteiger partial charge in [0, 0.05) is 6.04 Å². The van der Waals surface area contributed by atoms with Crippen LogP contribution in [0.4, 0.5) is 0 Å². The van der Waals surface area contributed by atoms with Crippen LogP contribution in [0.5, 0.6) is 0 Å². The molecule has 1 aromatic heterocycles. The van der Waals surface area contributed by atoms with Gasteiger partial charge < -0.3 is 20.1 Å². The van der Waals surface area contributed by atoms with Gasteiger partial charge in [-0.2, -0.15) is 0 Å². The van der Waals surface area contributed by atoms with Crippen LogP contribution < -0.4 is 5.32 Å². The second-order valence-corrected chi connectivity index (χ2v) is 6.63. The first-order valence-corrected chi connectivity index (χ1v) is 8.19. The highest BCUT2D eigenvalue weighted by Crippen LogP contribution is 2.27. The number of rotatable bonds is 4. The van der Waals surface area contributed by atoms with Gasteiger partial charge in [0.25, 0.3) is 0 Å². The summed E-state index contributed by atoms with van der Waals surface area (Å²) < 4.78 is 1.86. The van der Waals surface area contributed by atoms with Crippen LogP contribution >= 0.6 is 23.2 Å². The van der Waals surface area contributed by atoms with Gasteiger partial charge in [-0.1, -0.05) is 23.2 Å². The van der Waals surface area contributed by atoms with E-state index < -0.39 is 12.2 Å². The van der Waals surface area contributed by atoms with E-state index in [-0.39, 0.29) is 6.04 Å². The first-order chi connectivity index (χ1) is 10.5. The highest BCUT2D eigenvalue weighted by atomic mass is 35.5. The molecular formula is C15H19Cl2N3O2. The number of imidazole rings is 1. The summed E-state index contributed by atoms with van der Waals surface area (Å²) in [5.74, 6) is 0. The molecule has 0 saturated carbocycles. The minimum Gasteiger partial charge on any atom is -0.392 e. The quantitative estimate of drug-likeness (QED) is 0.795. The van der Waals surface area contributed by atoms with Crippen molar-refractivity contribution < 1.29 is 10.2 Å². The Morgan fingerprint density at radius 2 is 2.14 bits per heavy atom. The lowest BCUT2D eigenvalue weighted by atomic mass is 9.96. The zero-order valence-corrected chi connectivity index (χ0v) is 13.6. The van der Waals surface area contributed by atoms with Crippen LogP contribution in [-0.4, -0.2) is 44.6 Å². The molecule has 3 N–H and O–H groups in total. The first-order valence-electron chi connectivity index (χ1n) is 7.44. The molecule has 120 valence electrons. The van der Waals surface area contributed by atoms with Crippen LogP contribution in [0.2, 0.25) is 10.0 Å². The highest BCUT2D eigenvalue weighted by Gasteiger charge is 2.25. The molecule has 1 aliphatic heterocycles.